The summed E-state index contributed by atoms with van der Waals surface area (Å²) in [5.41, 5.74) is 1.46. The van der Waals surface area contributed by atoms with E-state index in [1.54, 1.807) is 28.0 Å². The lowest BCUT2D eigenvalue weighted by Crippen LogP contribution is -2.37. The van der Waals surface area contributed by atoms with Gasteiger partial charge in [0.05, 0.1) is 6.54 Å². The summed E-state index contributed by atoms with van der Waals surface area (Å²) in [4.78, 5) is 20.6. The van der Waals surface area contributed by atoms with Crippen LogP contribution in [0.25, 0.3) is 0 Å². The summed E-state index contributed by atoms with van der Waals surface area (Å²) in [6.45, 7) is 4.09. The molecule has 0 atom stereocenters. The van der Waals surface area contributed by atoms with Gasteiger partial charge in [0, 0.05) is 47.1 Å². The predicted octanol–water partition coefficient (Wildman–Crippen LogP) is 4.01. The maximum atomic E-state index is 13.4. The van der Waals surface area contributed by atoms with Gasteiger partial charge in [-0.15, -0.1) is 11.3 Å². The van der Waals surface area contributed by atoms with Gasteiger partial charge in [-0.3, -0.25) is 4.79 Å². The number of rotatable bonds is 8. The summed E-state index contributed by atoms with van der Waals surface area (Å²) in [6.07, 6.45) is 2.17. The molecular weight excluding hydrogens is 462 g/mol. The summed E-state index contributed by atoms with van der Waals surface area (Å²) in [5, 5.41) is 0. The van der Waals surface area contributed by atoms with Gasteiger partial charge in [0.15, 0.2) is 0 Å². The maximum Gasteiger partial charge on any atom is 0.270 e. The molecule has 1 fully saturated rings. The summed E-state index contributed by atoms with van der Waals surface area (Å²) in [5.74, 6) is 1.40. The van der Waals surface area contributed by atoms with E-state index in [1.165, 1.54) is 21.4 Å². The molecule has 0 unspecified atom stereocenters. The SMILES string of the molecule is Cc1ccc(CN(CCc2ccccc2)C(=O)c2cc(S(=O)(=O)N3CCSCC3)c[nH]2)s1. The zero-order valence-electron chi connectivity index (χ0n) is 18.0. The molecule has 0 bridgehead atoms. The minimum atomic E-state index is -3.59. The van der Waals surface area contributed by atoms with Crippen LogP contribution in [0.15, 0.2) is 59.6 Å². The number of nitrogens with zero attached hydrogens (tertiary/aromatic N) is 2. The number of thiophene rings is 1. The average Bonchev–Trinajstić information content (AvgIpc) is 3.47. The second-order valence-corrected chi connectivity index (χ2v) is 12.3. The number of H-pyrrole nitrogens is 1. The Labute approximate surface area is 197 Å². The van der Waals surface area contributed by atoms with Gasteiger partial charge in [-0.05, 0) is 37.1 Å². The Balaban J connectivity index is 1.53. The average molecular weight is 490 g/mol. The molecule has 170 valence electrons. The van der Waals surface area contributed by atoms with Crippen LogP contribution in [0.3, 0.4) is 0 Å². The minimum Gasteiger partial charge on any atom is -0.356 e. The van der Waals surface area contributed by atoms with Gasteiger partial charge in [0.1, 0.15) is 10.6 Å². The highest BCUT2D eigenvalue weighted by Crippen LogP contribution is 2.23. The first-order valence-electron chi connectivity index (χ1n) is 10.6. The monoisotopic (exact) mass is 489 g/mol. The molecule has 1 aliphatic rings. The van der Waals surface area contributed by atoms with E-state index in [2.05, 4.69) is 11.1 Å². The Hall–Kier alpha value is -2.07. The molecule has 3 heterocycles. The first-order valence-corrected chi connectivity index (χ1v) is 14.0. The normalized spacial score (nSPS) is 15.0. The number of amides is 1. The zero-order valence-corrected chi connectivity index (χ0v) is 20.4. The number of sulfonamides is 1. The number of carbonyl (C=O) groups is 1. The molecular formula is C23H27N3O3S3. The van der Waals surface area contributed by atoms with Gasteiger partial charge in [0.2, 0.25) is 10.0 Å². The van der Waals surface area contributed by atoms with Crippen molar-refractivity contribution in [2.75, 3.05) is 31.1 Å². The molecule has 0 aliphatic carbocycles. The van der Waals surface area contributed by atoms with Gasteiger partial charge in [-0.25, -0.2) is 8.42 Å². The third-order valence-electron chi connectivity index (χ3n) is 5.44. The fraction of sp³-hybridized carbons (Fsp3) is 0.348. The number of aromatic amines is 1. The van der Waals surface area contributed by atoms with E-state index in [-0.39, 0.29) is 10.8 Å². The van der Waals surface area contributed by atoms with Crippen LogP contribution in [0, 0.1) is 6.92 Å². The van der Waals surface area contributed by atoms with Gasteiger partial charge in [-0.1, -0.05) is 30.3 Å². The number of carbonyl (C=O) groups excluding carboxylic acids is 1. The highest BCUT2D eigenvalue weighted by atomic mass is 32.2. The van der Waals surface area contributed by atoms with Crippen molar-refractivity contribution < 1.29 is 13.2 Å². The smallest absolute Gasteiger partial charge is 0.270 e. The summed E-state index contributed by atoms with van der Waals surface area (Å²) < 4.78 is 27.4. The Morgan fingerprint density at radius 1 is 1.12 bits per heavy atom. The van der Waals surface area contributed by atoms with E-state index >= 15 is 0 Å². The van der Waals surface area contributed by atoms with Gasteiger partial charge in [0.25, 0.3) is 5.91 Å². The number of hydrogen-bond acceptors (Lipinski definition) is 5. The van der Waals surface area contributed by atoms with Gasteiger partial charge in [-0.2, -0.15) is 16.1 Å². The highest BCUT2D eigenvalue weighted by molar-refractivity contribution is 7.99. The van der Waals surface area contributed by atoms with E-state index in [0.29, 0.717) is 31.9 Å². The van der Waals surface area contributed by atoms with Gasteiger partial charge >= 0.3 is 0 Å². The van der Waals surface area contributed by atoms with Crippen LogP contribution in [-0.4, -0.2) is 59.7 Å². The zero-order chi connectivity index (χ0) is 22.6. The Morgan fingerprint density at radius 3 is 2.56 bits per heavy atom. The lowest BCUT2D eigenvalue weighted by molar-refractivity contribution is 0.0741. The molecule has 0 radical (unpaired) electrons. The molecule has 1 saturated heterocycles. The van der Waals surface area contributed by atoms with Gasteiger partial charge < -0.3 is 9.88 Å². The fourth-order valence-corrected chi connectivity index (χ4v) is 7.15. The fourth-order valence-electron chi connectivity index (χ4n) is 3.67. The predicted molar refractivity (Wildman–Crippen MR) is 131 cm³/mol. The van der Waals surface area contributed by atoms with Crippen molar-refractivity contribution in [2.45, 2.75) is 24.8 Å². The number of thioether (sulfide) groups is 1. The minimum absolute atomic E-state index is 0.155. The Bertz CT molecular complexity index is 1150. The maximum absolute atomic E-state index is 13.4. The van der Waals surface area contributed by atoms with E-state index in [1.807, 2.05) is 43.3 Å². The molecule has 9 heteroatoms. The molecule has 1 N–H and O–H groups in total. The van der Waals surface area contributed by atoms with Crippen LogP contribution in [0.4, 0.5) is 0 Å². The van der Waals surface area contributed by atoms with Crippen molar-refractivity contribution in [3.8, 4) is 0 Å². The molecule has 32 heavy (non-hydrogen) atoms. The van der Waals surface area contributed by atoms with E-state index < -0.39 is 10.0 Å². The van der Waals surface area contributed by atoms with Crippen LogP contribution in [0.1, 0.15) is 25.8 Å². The van der Waals surface area contributed by atoms with Crippen LogP contribution in [0.2, 0.25) is 0 Å². The van der Waals surface area contributed by atoms with Crippen LogP contribution >= 0.6 is 23.1 Å². The molecule has 2 aromatic heterocycles. The number of aryl methyl sites for hydroxylation is 1. The first-order chi connectivity index (χ1) is 15.4. The molecule has 1 amide bonds. The first kappa shape index (κ1) is 23.1. The highest BCUT2D eigenvalue weighted by Gasteiger charge is 2.28. The van der Waals surface area contributed by atoms with Crippen molar-refractivity contribution in [1.82, 2.24) is 14.2 Å². The quantitative estimate of drug-likeness (QED) is 0.519. The third-order valence-corrected chi connectivity index (χ3v) is 9.24. The standard InChI is InChI=1S/C23H27N3O3S3/c1-18-7-8-20(31-18)17-25(10-9-19-5-3-2-4-6-19)23(27)22-15-21(16-24-22)32(28,29)26-11-13-30-14-12-26/h2-8,15-16,24H,9-14,17H2,1H3. The van der Waals surface area contributed by atoms with E-state index in [0.717, 1.165) is 28.4 Å². The second-order valence-electron chi connectivity index (χ2n) is 7.74. The number of benzene rings is 1. The topological polar surface area (TPSA) is 73.5 Å². The lowest BCUT2D eigenvalue weighted by atomic mass is 10.1. The van der Waals surface area contributed by atoms with Crippen LogP contribution in [-0.2, 0) is 23.0 Å². The molecule has 1 aromatic carbocycles. The van der Waals surface area contributed by atoms with Crippen LogP contribution < -0.4 is 0 Å². The van der Waals surface area contributed by atoms with Crippen molar-refractivity contribution >= 4 is 39.0 Å². The van der Waals surface area contributed by atoms with Crippen LogP contribution in [0.5, 0.6) is 0 Å². The molecule has 1 aliphatic heterocycles. The molecule has 0 saturated carbocycles. The lowest BCUT2D eigenvalue weighted by Gasteiger charge is -2.25. The molecule has 3 aromatic rings. The number of hydrogen-bond donors (Lipinski definition) is 1. The number of nitrogens with one attached hydrogen (secondary N) is 1. The molecule has 4 rings (SSSR count). The molecule has 0 spiro atoms. The summed E-state index contributed by atoms with van der Waals surface area (Å²) in [6, 6.07) is 15.6. The molecule has 6 nitrogen and oxygen atoms in total. The van der Waals surface area contributed by atoms with Crippen molar-refractivity contribution in [2.24, 2.45) is 0 Å². The van der Waals surface area contributed by atoms with E-state index in [4.69, 9.17) is 0 Å². The van der Waals surface area contributed by atoms with Crippen molar-refractivity contribution in [3.05, 3.63) is 75.7 Å². The summed E-state index contributed by atoms with van der Waals surface area (Å²) in [7, 11) is -3.59. The third kappa shape index (κ3) is 5.46. The van der Waals surface area contributed by atoms with E-state index in [9.17, 15) is 13.2 Å². The Kier molecular flexibility index (Phi) is 7.40. The second kappa shape index (κ2) is 10.2. The Morgan fingerprint density at radius 2 is 1.88 bits per heavy atom. The number of aromatic nitrogens is 1. The summed E-state index contributed by atoms with van der Waals surface area (Å²) >= 11 is 3.43. The largest absolute Gasteiger partial charge is 0.356 e. The van der Waals surface area contributed by atoms with Crippen molar-refractivity contribution in [1.29, 1.82) is 0 Å². The van der Waals surface area contributed by atoms with Crippen molar-refractivity contribution in [3.63, 3.8) is 0 Å².